The second kappa shape index (κ2) is 9.15. The summed E-state index contributed by atoms with van der Waals surface area (Å²) in [5.41, 5.74) is 1.80. The van der Waals surface area contributed by atoms with Gasteiger partial charge >= 0.3 is 0 Å². The summed E-state index contributed by atoms with van der Waals surface area (Å²) < 4.78 is 0. The van der Waals surface area contributed by atoms with E-state index in [1.165, 1.54) is 0 Å². The van der Waals surface area contributed by atoms with Crippen LogP contribution < -0.4 is 10.6 Å². The maximum atomic E-state index is 12.4. The highest BCUT2D eigenvalue weighted by molar-refractivity contribution is 7.80. The van der Waals surface area contributed by atoms with Crippen molar-refractivity contribution < 1.29 is 4.79 Å². The van der Waals surface area contributed by atoms with Crippen molar-refractivity contribution in [2.24, 2.45) is 11.8 Å². The number of para-hydroxylation sites is 1. The van der Waals surface area contributed by atoms with Crippen molar-refractivity contribution >= 4 is 46.1 Å². The summed E-state index contributed by atoms with van der Waals surface area (Å²) in [6.07, 6.45) is 4.76. The third-order valence-corrected chi connectivity index (χ3v) is 5.35. The van der Waals surface area contributed by atoms with Crippen LogP contribution in [0, 0.1) is 11.8 Å². The molecule has 3 nitrogen and oxygen atoms in total. The molecule has 3 rings (SSSR count). The zero-order valence-corrected chi connectivity index (χ0v) is 16.2. The van der Waals surface area contributed by atoms with Crippen LogP contribution in [0.15, 0.2) is 54.6 Å². The number of hydrogen-bond acceptors (Lipinski definition) is 2. The molecule has 2 aromatic carbocycles. The number of halogens is 1. The number of rotatable bonds is 5. The minimum Gasteiger partial charge on any atom is -0.350 e. The third kappa shape index (κ3) is 5.55. The second-order valence-electron chi connectivity index (χ2n) is 6.84. The van der Waals surface area contributed by atoms with Crippen LogP contribution in [0.1, 0.15) is 32.1 Å². The summed E-state index contributed by atoms with van der Waals surface area (Å²) in [4.78, 5) is 13.2. The lowest BCUT2D eigenvalue weighted by atomic mass is 9.80. The molecule has 26 heavy (non-hydrogen) atoms. The van der Waals surface area contributed by atoms with E-state index >= 15 is 0 Å². The average molecular weight is 387 g/mol. The highest BCUT2D eigenvalue weighted by atomic mass is 35.5. The van der Waals surface area contributed by atoms with Gasteiger partial charge in [-0.05, 0) is 61.9 Å². The highest BCUT2D eigenvalue weighted by Gasteiger charge is 2.26. The predicted molar refractivity (Wildman–Crippen MR) is 113 cm³/mol. The van der Waals surface area contributed by atoms with Crippen LogP contribution in [0.2, 0.25) is 5.02 Å². The SMILES string of the molecule is O=C(Nc1ccccc1)[C@H]1CC[C@@H](CC(=S)Nc2cccc(Cl)c2)CC1. The van der Waals surface area contributed by atoms with Crippen molar-refractivity contribution in [3.8, 4) is 0 Å². The van der Waals surface area contributed by atoms with Gasteiger partial charge in [0.25, 0.3) is 0 Å². The van der Waals surface area contributed by atoms with E-state index < -0.39 is 0 Å². The Kier molecular flexibility index (Phi) is 6.64. The molecule has 0 unspecified atom stereocenters. The summed E-state index contributed by atoms with van der Waals surface area (Å²) in [5, 5.41) is 6.98. The number of nitrogens with one attached hydrogen (secondary N) is 2. The van der Waals surface area contributed by atoms with Crippen LogP contribution >= 0.6 is 23.8 Å². The van der Waals surface area contributed by atoms with E-state index in [2.05, 4.69) is 10.6 Å². The van der Waals surface area contributed by atoms with Gasteiger partial charge in [0.05, 0.1) is 4.99 Å². The van der Waals surface area contributed by atoms with Crippen LogP contribution in [-0.4, -0.2) is 10.9 Å². The molecule has 0 bridgehead atoms. The summed E-state index contributed by atoms with van der Waals surface area (Å²) in [5.74, 6) is 0.769. The fraction of sp³-hybridized carbons (Fsp3) is 0.333. The fourth-order valence-electron chi connectivity index (χ4n) is 3.44. The molecule has 0 spiro atoms. The zero-order chi connectivity index (χ0) is 18.4. The predicted octanol–water partition coefficient (Wildman–Crippen LogP) is 5.91. The largest absolute Gasteiger partial charge is 0.350 e. The zero-order valence-electron chi connectivity index (χ0n) is 14.6. The quantitative estimate of drug-likeness (QED) is 0.627. The molecule has 1 amide bonds. The molecule has 0 aliphatic heterocycles. The van der Waals surface area contributed by atoms with Crippen molar-refractivity contribution in [1.82, 2.24) is 0 Å². The number of amides is 1. The number of thiocarbonyl (C=S) groups is 1. The van der Waals surface area contributed by atoms with E-state index in [4.69, 9.17) is 23.8 Å². The van der Waals surface area contributed by atoms with Crippen molar-refractivity contribution in [1.29, 1.82) is 0 Å². The van der Waals surface area contributed by atoms with Gasteiger partial charge in [-0.3, -0.25) is 4.79 Å². The monoisotopic (exact) mass is 386 g/mol. The molecular formula is C21H23ClN2OS. The Hall–Kier alpha value is -1.91. The van der Waals surface area contributed by atoms with Gasteiger partial charge in [0.15, 0.2) is 0 Å². The summed E-state index contributed by atoms with van der Waals surface area (Å²) in [7, 11) is 0. The molecular weight excluding hydrogens is 364 g/mol. The Morgan fingerprint density at radius 2 is 1.65 bits per heavy atom. The van der Waals surface area contributed by atoms with Gasteiger partial charge in [-0.2, -0.15) is 0 Å². The van der Waals surface area contributed by atoms with E-state index in [0.717, 1.165) is 48.5 Å². The molecule has 2 aromatic rings. The van der Waals surface area contributed by atoms with Gasteiger partial charge in [-0.25, -0.2) is 0 Å². The van der Waals surface area contributed by atoms with Gasteiger partial charge in [0.2, 0.25) is 5.91 Å². The Bertz CT molecular complexity index is 758. The standard InChI is InChI=1S/C21H23ClN2OS/c22-17-5-4-8-19(14-17)23-20(26)13-15-9-11-16(12-10-15)21(25)24-18-6-2-1-3-7-18/h1-8,14-16H,9-13H2,(H,23,26)(H,24,25)/t15-,16+. The second-order valence-corrected chi connectivity index (χ2v) is 7.76. The molecule has 0 radical (unpaired) electrons. The number of benzene rings is 2. The number of anilines is 2. The Balaban J connectivity index is 1.43. The molecule has 1 aliphatic carbocycles. The van der Waals surface area contributed by atoms with Crippen molar-refractivity contribution in [3.05, 3.63) is 59.6 Å². The Morgan fingerprint density at radius 1 is 0.962 bits per heavy atom. The first-order valence-electron chi connectivity index (χ1n) is 9.01. The van der Waals surface area contributed by atoms with Gasteiger partial charge in [-0.15, -0.1) is 0 Å². The highest BCUT2D eigenvalue weighted by Crippen LogP contribution is 2.32. The van der Waals surface area contributed by atoms with Crippen LogP contribution in [-0.2, 0) is 4.79 Å². The van der Waals surface area contributed by atoms with E-state index in [1.54, 1.807) is 0 Å². The van der Waals surface area contributed by atoms with Crippen molar-refractivity contribution in [3.63, 3.8) is 0 Å². The van der Waals surface area contributed by atoms with E-state index in [9.17, 15) is 4.79 Å². The summed E-state index contributed by atoms with van der Waals surface area (Å²) >= 11 is 11.5. The molecule has 0 aromatic heterocycles. The molecule has 1 aliphatic rings. The molecule has 1 fully saturated rings. The first kappa shape index (κ1) is 18.9. The smallest absolute Gasteiger partial charge is 0.227 e. The van der Waals surface area contributed by atoms with Gasteiger partial charge in [0.1, 0.15) is 0 Å². The topological polar surface area (TPSA) is 41.1 Å². The maximum absolute atomic E-state index is 12.4. The first-order valence-corrected chi connectivity index (χ1v) is 9.80. The van der Waals surface area contributed by atoms with Crippen molar-refractivity contribution in [2.45, 2.75) is 32.1 Å². The number of carbonyl (C=O) groups excluding carboxylic acids is 1. The molecule has 136 valence electrons. The average Bonchev–Trinajstić information content (AvgIpc) is 2.63. The molecule has 2 N–H and O–H groups in total. The number of carbonyl (C=O) groups is 1. The van der Waals surface area contributed by atoms with Crippen LogP contribution in [0.25, 0.3) is 0 Å². The third-order valence-electron chi connectivity index (χ3n) is 4.84. The maximum Gasteiger partial charge on any atom is 0.227 e. The van der Waals surface area contributed by atoms with Crippen molar-refractivity contribution in [2.75, 3.05) is 10.6 Å². The van der Waals surface area contributed by atoms with Gasteiger partial charge in [0, 0.05) is 28.7 Å². The fourth-order valence-corrected chi connectivity index (χ4v) is 3.98. The molecule has 1 saturated carbocycles. The molecule has 0 heterocycles. The molecule has 5 heteroatoms. The minimum atomic E-state index is 0.0981. The first-order chi connectivity index (χ1) is 12.6. The van der Waals surface area contributed by atoms with E-state index in [1.807, 2.05) is 54.6 Å². The normalized spacial score (nSPS) is 19.6. The minimum absolute atomic E-state index is 0.0981. The lowest BCUT2D eigenvalue weighted by Crippen LogP contribution is -2.28. The van der Waals surface area contributed by atoms with Gasteiger partial charge < -0.3 is 10.6 Å². The van der Waals surface area contributed by atoms with Gasteiger partial charge in [-0.1, -0.05) is 48.1 Å². The Morgan fingerprint density at radius 3 is 2.35 bits per heavy atom. The van der Waals surface area contributed by atoms with E-state index in [0.29, 0.717) is 10.9 Å². The lowest BCUT2D eigenvalue weighted by molar-refractivity contribution is -0.121. The summed E-state index contributed by atoms with van der Waals surface area (Å²) in [6.45, 7) is 0. The number of hydrogen-bond donors (Lipinski definition) is 2. The van der Waals surface area contributed by atoms with Crippen LogP contribution in [0.4, 0.5) is 11.4 Å². The lowest BCUT2D eigenvalue weighted by Gasteiger charge is -2.28. The Labute approximate surface area is 165 Å². The van der Waals surface area contributed by atoms with Crippen LogP contribution in [0.3, 0.4) is 0 Å². The molecule has 0 atom stereocenters. The van der Waals surface area contributed by atoms with Crippen LogP contribution in [0.5, 0.6) is 0 Å². The van der Waals surface area contributed by atoms with E-state index in [-0.39, 0.29) is 11.8 Å². The summed E-state index contributed by atoms with van der Waals surface area (Å²) in [6, 6.07) is 17.2. The molecule has 0 saturated heterocycles.